The predicted molar refractivity (Wildman–Crippen MR) is 116 cm³/mol. The van der Waals surface area contributed by atoms with Crippen molar-refractivity contribution in [2.75, 3.05) is 27.2 Å². The van der Waals surface area contributed by atoms with Gasteiger partial charge < -0.3 is 0 Å². The molecule has 2 aromatic carbocycles. The number of amides is 1. The van der Waals surface area contributed by atoms with Gasteiger partial charge in [-0.25, -0.2) is 12.7 Å². The monoisotopic (exact) mass is 481 g/mol. The largest absolute Gasteiger partial charge is 0.286 e. The number of hydrogen-bond acceptors (Lipinski definition) is 5. The number of carbonyl (C=O) groups is 1. The summed E-state index contributed by atoms with van der Waals surface area (Å²) in [5.74, 6) is 0.545. The molecule has 2 aromatic rings. The fourth-order valence-electron chi connectivity index (χ4n) is 2.60. The Morgan fingerprint density at radius 1 is 1.14 bits per heavy atom. The smallest absolute Gasteiger partial charge is 0.259 e. The molecule has 1 aliphatic rings. The van der Waals surface area contributed by atoms with Gasteiger partial charge in [0.2, 0.25) is 10.0 Å². The van der Waals surface area contributed by atoms with Crippen molar-refractivity contribution in [3.05, 3.63) is 64.1 Å². The highest BCUT2D eigenvalue weighted by atomic mass is 79.9. The molecule has 0 N–H and O–H groups in total. The third-order valence-corrected chi connectivity index (χ3v) is 7.65. The minimum Gasteiger partial charge on any atom is -0.286 e. The summed E-state index contributed by atoms with van der Waals surface area (Å²) >= 11 is 4.94. The van der Waals surface area contributed by atoms with E-state index in [0.29, 0.717) is 23.8 Å². The zero-order valence-electron chi connectivity index (χ0n) is 15.5. The fraction of sp³-hybridized carbons (Fsp3) is 0.263. The molecule has 0 spiro atoms. The van der Waals surface area contributed by atoms with Gasteiger partial charge in [-0.05, 0) is 42.0 Å². The van der Waals surface area contributed by atoms with Gasteiger partial charge in [-0.2, -0.15) is 0 Å². The molecule has 6 nitrogen and oxygen atoms in total. The van der Waals surface area contributed by atoms with Crippen molar-refractivity contribution in [1.82, 2.24) is 9.21 Å². The molecular formula is C19H20BrN3O3S2. The van der Waals surface area contributed by atoms with E-state index < -0.39 is 10.0 Å². The van der Waals surface area contributed by atoms with Gasteiger partial charge in [0.25, 0.3) is 5.91 Å². The Morgan fingerprint density at radius 3 is 2.39 bits per heavy atom. The second-order valence-corrected chi connectivity index (χ2v) is 10.4. The molecular weight excluding hydrogens is 462 g/mol. The minimum atomic E-state index is -3.51. The molecule has 1 amide bonds. The molecule has 0 aliphatic carbocycles. The maximum absolute atomic E-state index is 12.9. The summed E-state index contributed by atoms with van der Waals surface area (Å²) in [4.78, 5) is 19.1. The molecule has 1 aliphatic heterocycles. The first-order chi connectivity index (χ1) is 13.3. The summed E-state index contributed by atoms with van der Waals surface area (Å²) in [6.07, 6.45) is 0. The topological polar surface area (TPSA) is 70.1 Å². The number of amidine groups is 1. The number of halogens is 1. The Hall–Kier alpha value is -1.68. The van der Waals surface area contributed by atoms with Crippen molar-refractivity contribution in [2.24, 2.45) is 4.99 Å². The van der Waals surface area contributed by atoms with E-state index in [-0.39, 0.29) is 10.8 Å². The first-order valence-corrected chi connectivity index (χ1v) is 11.8. The van der Waals surface area contributed by atoms with Crippen LogP contribution in [0.2, 0.25) is 0 Å². The fourth-order valence-corrected chi connectivity index (χ4v) is 4.77. The van der Waals surface area contributed by atoms with Crippen LogP contribution in [0.1, 0.15) is 15.9 Å². The van der Waals surface area contributed by atoms with Gasteiger partial charge in [0.1, 0.15) is 0 Å². The SMILES string of the molecule is CN(C)S(=O)(=O)c1ccc(C(=O)N2CCN=C2SCc2ccc(Br)cc2)cc1. The van der Waals surface area contributed by atoms with E-state index in [4.69, 9.17) is 0 Å². The highest BCUT2D eigenvalue weighted by Crippen LogP contribution is 2.23. The Morgan fingerprint density at radius 2 is 1.79 bits per heavy atom. The molecule has 148 valence electrons. The summed E-state index contributed by atoms with van der Waals surface area (Å²) in [6, 6.07) is 14.1. The molecule has 0 saturated heterocycles. The van der Waals surface area contributed by atoms with E-state index in [0.717, 1.165) is 20.1 Å². The van der Waals surface area contributed by atoms with Crippen molar-refractivity contribution in [3.63, 3.8) is 0 Å². The average Bonchev–Trinajstić information content (AvgIpc) is 3.15. The van der Waals surface area contributed by atoms with Crippen LogP contribution in [-0.4, -0.2) is 55.9 Å². The summed E-state index contributed by atoms with van der Waals surface area (Å²) < 4.78 is 26.5. The van der Waals surface area contributed by atoms with Crippen LogP contribution in [0.5, 0.6) is 0 Å². The van der Waals surface area contributed by atoms with Crippen LogP contribution in [0.4, 0.5) is 0 Å². The minimum absolute atomic E-state index is 0.161. The quantitative estimate of drug-likeness (QED) is 0.655. The van der Waals surface area contributed by atoms with Crippen LogP contribution in [0, 0.1) is 0 Å². The number of benzene rings is 2. The van der Waals surface area contributed by atoms with Gasteiger partial charge in [-0.3, -0.25) is 14.7 Å². The number of sulfonamides is 1. The molecule has 28 heavy (non-hydrogen) atoms. The van der Waals surface area contributed by atoms with Crippen molar-refractivity contribution >= 4 is 48.8 Å². The van der Waals surface area contributed by atoms with Gasteiger partial charge >= 0.3 is 0 Å². The lowest BCUT2D eigenvalue weighted by Gasteiger charge is -2.18. The Kier molecular flexibility index (Phi) is 6.59. The lowest BCUT2D eigenvalue weighted by molar-refractivity contribution is 0.0860. The van der Waals surface area contributed by atoms with Crippen LogP contribution >= 0.6 is 27.7 Å². The van der Waals surface area contributed by atoms with Crippen LogP contribution in [-0.2, 0) is 15.8 Å². The second-order valence-electron chi connectivity index (χ2n) is 6.35. The highest BCUT2D eigenvalue weighted by molar-refractivity contribution is 9.10. The van der Waals surface area contributed by atoms with Crippen LogP contribution in [0.25, 0.3) is 0 Å². The summed E-state index contributed by atoms with van der Waals surface area (Å²) in [5, 5.41) is 0.693. The van der Waals surface area contributed by atoms with Crippen molar-refractivity contribution < 1.29 is 13.2 Å². The summed E-state index contributed by atoms with van der Waals surface area (Å²) in [6.45, 7) is 1.10. The molecule has 0 fully saturated rings. The van der Waals surface area contributed by atoms with Gasteiger partial charge in [0, 0.05) is 36.4 Å². The molecule has 0 bridgehead atoms. The van der Waals surface area contributed by atoms with E-state index in [1.807, 2.05) is 24.3 Å². The molecule has 0 aromatic heterocycles. The Bertz CT molecular complexity index is 988. The number of thioether (sulfide) groups is 1. The zero-order chi connectivity index (χ0) is 20.3. The molecule has 3 rings (SSSR count). The molecule has 0 radical (unpaired) electrons. The van der Waals surface area contributed by atoms with Crippen molar-refractivity contribution in [3.8, 4) is 0 Å². The first kappa shape index (κ1) is 21.0. The Labute approximate surface area is 177 Å². The predicted octanol–water partition coefficient (Wildman–Crippen LogP) is 3.44. The molecule has 9 heteroatoms. The highest BCUT2D eigenvalue weighted by Gasteiger charge is 2.26. The van der Waals surface area contributed by atoms with Gasteiger partial charge in [0.15, 0.2) is 5.17 Å². The standard InChI is InChI=1S/C19H20BrN3O3S2/c1-22(2)28(25,26)17-9-5-15(6-10-17)18(24)23-12-11-21-19(23)27-13-14-3-7-16(20)8-4-14/h3-10H,11-13H2,1-2H3. The molecule has 0 unspecified atom stereocenters. The Balaban J connectivity index is 1.69. The second kappa shape index (κ2) is 8.77. The lowest BCUT2D eigenvalue weighted by Crippen LogP contribution is -2.32. The maximum Gasteiger partial charge on any atom is 0.259 e. The van der Waals surface area contributed by atoms with Gasteiger partial charge in [-0.15, -0.1) is 0 Å². The third kappa shape index (κ3) is 4.65. The van der Waals surface area contributed by atoms with E-state index >= 15 is 0 Å². The lowest BCUT2D eigenvalue weighted by atomic mass is 10.2. The molecule has 1 heterocycles. The van der Waals surface area contributed by atoms with E-state index in [1.165, 1.54) is 38.0 Å². The summed E-state index contributed by atoms with van der Waals surface area (Å²) in [5.41, 5.74) is 1.59. The van der Waals surface area contributed by atoms with Crippen LogP contribution < -0.4 is 0 Å². The maximum atomic E-state index is 12.9. The van der Waals surface area contributed by atoms with Gasteiger partial charge in [-0.1, -0.05) is 39.8 Å². The van der Waals surface area contributed by atoms with E-state index in [1.54, 1.807) is 17.0 Å². The normalized spacial score (nSPS) is 14.4. The van der Waals surface area contributed by atoms with Crippen LogP contribution in [0.15, 0.2) is 62.9 Å². The molecule has 0 atom stereocenters. The van der Waals surface area contributed by atoms with Crippen molar-refractivity contribution in [1.29, 1.82) is 0 Å². The third-order valence-electron chi connectivity index (χ3n) is 4.21. The number of aliphatic imine (C=N–C) groups is 1. The molecule has 0 saturated carbocycles. The van der Waals surface area contributed by atoms with Crippen molar-refractivity contribution in [2.45, 2.75) is 10.6 Å². The zero-order valence-corrected chi connectivity index (χ0v) is 18.7. The number of rotatable bonds is 5. The summed E-state index contributed by atoms with van der Waals surface area (Å²) in [7, 11) is -0.562. The van der Waals surface area contributed by atoms with E-state index in [9.17, 15) is 13.2 Å². The van der Waals surface area contributed by atoms with Gasteiger partial charge in [0.05, 0.1) is 11.4 Å². The average molecular weight is 482 g/mol. The number of carbonyl (C=O) groups excluding carboxylic acids is 1. The number of nitrogens with zero attached hydrogens (tertiary/aromatic N) is 3. The number of hydrogen-bond donors (Lipinski definition) is 0. The first-order valence-electron chi connectivity index (χ1n) is 8.55. The van der Waals surface area contributed by atoms with Crippen LogP contribution in [0.3, 0.4) is 0 Å². The van der Waals surface area contributed by atoms with E-state index in [2.05, 4.69) is 20.9 Å².